The molecular formula is C23H26ClN5O3S. The summed E-state index contributed by atoms with van der Waals surface area (Å²) >= 11 is 7.18. The number of hydrogen-bond acceptors (Lipinski definition) is 6. The van der Waals surface area contributed by atoms with Crippen molar-refractivity contribution in [1.82, 2.24) is 20.1 Å². The minimum absolute atomic E-state index is 0.0656. The third kappa shape index (κ3) is 6.27. The third-order valence-electron chi connectivity index (χ3n) is 4.92. The van der Waals surface area contributed by atoms with E-state index in [9.17, 15) is 9.59 Å². The molecule has 0 saturated heterocycles. The second-order valence-corrected chi connectivity index (χ2v) is 9.02. The van der Waals surface area contributed by atoms with E-state index in [4.69, 9.17) is 16.3 Å². The summed E-state index contributed by atoms with van der Waals surface area (Å²) in [5, 5.41) is 15.5. The lowest BCUT2D eigenvalue weighted by Crippen LogP contribution is -2.33. The summed E-state index contributed by atoms with van der Waals surface area (Å²) in [6, 6.07) is 13.6. The van der Waals surface area contributed by atoms with Crippen molar-refractivity contribution in [2.75, 3.05) is 18.2 Å². The standard InChI is InChI=1S/C23H26ClN5O3S/c1-14(2)20(26-22(31)15-9-11-16(24)12-10-15)21-27-28-23(29(21)3)33-13-19(30)25-17-7-5-6-8-18(17)32-4/h5-12,14,20H,13H2,1-4H3,(H,25,30)(H,26,31)/t20-/m0/s1. The van der Waals surface area contributed by atoms with Crippen LogP contribution in [0.1, 0.15) is 36.1 Å². The van der Waals surface area contributed by atoms with Gasteiger partial charge in [-0.15, -0.1) is 10.2 Å². The fourth-order valence-corrected chi connectivity index (χ4v) is 3.99. The number of benzene rings is 2. The van der Waals surface area contributed by atoms with E-state index in [-0.39, 0.29) is 29.5 Å². The van der Waals surface area contributed by atoms with Gasteiger partial charge in [0.05, 0.1) is 24.6 Å². The number of ether oxygens (including phenoxy) is 1. The van der Waals surface area contributed by atoms with Crippen molar-refractivity contribution in [1.29, 1.82) is 0 Å². The molecule has 3 aromatic rings. The van der Waals surface area contributed by atoms with Gasteiger partial charge >= 0.3 is 0 Å². The molecule has 10 heteroatoms. The van der Waals surface area contributed by atoms with Crippen LogP contribution in [0.15, 0.2) is 53.7 Å². The molecule has 174 valence electrons. The van der Waals surface area contributed by atoms with Gasteiger partial charge < -0.3 is 19.9 Å². The Morgan fingerprint density at radius 2 is 1.82 bits per heavy atom. The zero-order chi connectivity index (χ0) is 24.0. The number of hydrogen-bond donors (Lipinski definition) is 2. The molecule has 0 bridgehead atoms. The maximum absolute atomic E-state index is 12.7. The van der Waals surface area contributed by atoms with Crippen LogP contribution >= 0.6 is 23.4 Å². The Hall–Kier alpha value is -3.04. The highest BCUT2D eigenvalue weighted by molar-refractivity contribution is 7.99. The van der Waals surface area contributed by atoms with Gasteiger partial charge in [0.2, 0.25) is 5.91 Å². The van der Waals surface area contributed by atoms with Crippen molar-refractivity contribution in [2.45, 2.75) is 25.0 Å². The molecule has 2 aromatic carbocycles. The van der Waals surface area contributed by atoms with Crippen LogP contribution in [0.4, 0.5) is 5.69 Å². The van der Waals surface area contributed by atoms with E-state index in [0.29, 0.717) is 33.0 Å². The van der Waals surface area contributed by atoms with Crippen LogP contribution in [0.5, 0.6) is 5.75 Å². The Morgan fingerprint density at radius 3 is 2.48 bits per heavy atom. The van der Waals surface area contributed by atoms with E-state index in [0.717, 1.165) is 0 Å². The Balaban J connectivity index is 1.66. The first-order valence-corrected chi connectivity index (χ1v) is 11.7. The highest BCUT2D eigenvalue weighted by atomic mass is 35.5. The van der Waals surface area contributed by atoms with Gasteiger partial charge in [-0.3, -0.25) is 9.59 Å². The molecule has 3 rings (SSSR count). The second-order valence-electron chi connectivity index (χ2n) is 7.64. The number of carbonyl (C=O) groups excluding carboxylic acids is 2. The average Bonchev–Trinajstić information content (AvgIpc) is 3.16. The molecule has 0 aliphatic carbocycles. The van der Waals surface area contributed by atoms with Gasteiger partial charge in [-0.05, 0) is 42.3 Å². The number of nitrogens with zero attached hydrogens (tertiary/aromatic N) is 3. The molecule has 1 atom stereocenters. The summed E-state index contributed by atoms with van der Waals surface area (Å²) in [7, 11) is 3.37. The van der Waals surface area contributed by atoms with Crippen LogP contribution < -0.4 is 15.4 Å². The molecular weight excluding hydrogens is 462 g/mol. The fourth-order valence-electron chi connectivity index (χ4n) is 3.14. The number of rotatable bonds is 9. The smallest absolute Gasteiger partial charge is 0.251 e. The number of para-hydroxylation sites is 2. The van der Waals surface area contributed by atoms with Crippen LogP contribution in [0, 0.1) is 5.92 Å². The number of thioether (sulfide) groups is 1. The molecule has 1 aromatic heterocycles. The molecule has 2 N–H and O–H groups in total. The number of anilines is 1. The highest BCUT2D eigenvalue weighted by Gasteiger charge is 2.25. The lowest BCUT2D eigenvalue weighted by molar-refractivity contribution is -0.113. The van der Waals surface area contributed by atoms with Gasteiger partial charge in [0.15, 0.2) is 11.0 Å². The Labute approximate surface area is 202 Å². The molecule has 8 nitrogen and oxygen atoms in total. The highest BCUT2D eigenvalue weighted by Crippen LogP contribution is 2.26. The summed E-state index contributed by atoms with van der Waals surface area (Å²) in [5.74, 6) is 1.00. The van der Waals surface area contributed by atoms with Crippen LogP contribution in [0.25, 0.3) is 0 Å². The largest absolute Gasteiger partial charge is 0.495 e. The molecule has 0 spiro atoms. The van der Waals surface area contributed by atoms with E-state index in [2.05, 4.69) is 20.8 Å². The van der Waals surface area contributed by atoms with Crippen molar-refractivity contribution < 1.29 is 14.3 Å². The van der Waals surface area contributed by atoms with Crippen molar-refractivity contribution in [3.05, 3.63) is 64.9 Å². The maximum atomic E-state index is 12.7. The van der Waals surface area contributed by atoms with Crippen LogP contribution in [-0.2, 0) is 11.8 Å². The van der Waals surface area contributed by atoms with Crippen LogP contribution in [-0.4, -0.2) is 39.4 Å². The normalized spacial score (nSPS) is 11.8. The predicted octanol–water partition coefficient (Wildman–Crippen LogP) is 4.34. The first kappa shape index (κ1) is 24.6. The van der Waals surface area contributed by atoms with Crippen molar-refractivity contribution in [2.24, 2.45) is 13.0 Å². The topological polar surface area (TPSA) is 98.1 Å². The molecule has 33 heavy (non-hydrogen) atoms. The number of nitrogens with one attached hydrogen (secondary N) is 2. The predicted molar refractivity (Wildman–Crippen MR) is 130 cm³/mol. The van der Waals surface area contributed by atoms with Gasteiger partial charge in [0.25, 0.3) is 5.91 Å². The third-order valence-corrected chi connectivity index (χ3v) is 6.19. The molecule has 0 aliphatic heterocycles. The van der Waals surface area contributed by atoms with Crippen molar-refractivity contribution in [3.8, 4) is 5.75 Å². The average molecular weight is 488 g/mol. The number of methoxy groups -OCH3 is 1. The van der Waals surface area contributed by atoms with E-state index >= 15 is 0 Å². The lowest BCUT2D eigenvalue weighted by Gasteiger charge is -2.21. The fraction of sp³-hybridized carbons (Fsp3) is 0.304. The molecule has 0 unspecified atom stereocenters. The summed E-state index contributed by atoms with van der Waals surface area (Å²) in [6.07, 6.45) is 0. The van der Waals surface area contributed by atoms with Gasteiger partial charge in [-0.25, -0.2) is 0 Å². The number of halogens is 1. The summed E-state index contributed by atoms with van der Waals surface area (Å²) in [5.41, 5.74) is 1.11. The molecule has 0 saturated carbocycles. The molecule has 1 heterocycles. The molecule has 0 aliphatic rings. The Bertz CT molecular complexity index is 1120. The van der Waals surface area contributed by atoms with Gasteiger partial charge in [0, 0.05) is 17.6 Å². The number of carbonyl (C=O) groups is 2. The maximum Gasteiger partial charge on any atom is 0.251 e. The van der Waals surface area contributed by atoms with E-state index < -0.39 is 0 Å². The van der Waals surface area contributed by atoms with Crippen molar-refractivity contribution in [3.63, 3.8) is 0 Å². The summed E-state index contributed by atoms with van der Waals surface area (Å²) < 4.78 is 7.06. The van der Waals surface area contributed by atoms with E-state index in [1.54, 1.807) is 48.1 Å². The first-order chi connectivity index (χ1) is 15.8. The molecule has 2 amide bonds. The summed E-state index contributed by atoms with van der Waals surface area (Å²) in [6.45, 7) is 3.99. The molecule has 0 radical (unpaired) electrons. The van der Waals surface area contributed by atoms with Crippen LogP contribution in [0.2, 0.25) is 5.02 Å². The van der Waals surface area contributed by atoms with Crippen LogP contribution in [0.3, 0.4) is 0 Å². The van der Waals surface area contributed by atoms with Gasteiger partial charge in [-0.1, -0.05) is 49.3 Å². The zero-order valence-corrected chi connectivity index (χ0v) is 20.4. The SMILES string of the molecule is COc1ccccc1NC(=O)CSc1nnc([C@@H](NC(=O)c2ccc(Cl)cc2)C(C)C)n1C. The van der Waals surface area contributed by atoms with E-state index in [1.807, 2.05) is 33.0 Å². The Kier molecular flexibility index (Phi) is 8.35. The number of amides is 2. The number of aromatic nitrogens is 3. The zero-order valence-electron chi connectivity index (χ0n) is 18.8. The van der Waals surface area contributed by atoms with Gasteiger partial charge in [0.1, 0.15) is 5.75 Å². The quantitative estimate of drug-likeness (QED) is 0.436. The minimum atomic E-state index is -0.359. The summed E-state index contributed by atoms with van der Waals surface area (Å²) in [4.78, 5) is 25.2. The van der Waals surface area contributed by atoms with Crippen molar-refractivity contribution >= 4 is 40.9 Å². The second kappa shape index (κ2) is 11.2. The Morgan fingerprint density at radius 1 is 1.12 bits per heavy atom. The monoisotopic (exact) mass is 487 g/mol. The van der Waals surface area contributed by atoms with Gasteiger partial charge in [-0.2, -0.15) is 0 Å². The van der Waals surface area contributed by atoms with E-state index in [1.165, 1.54) is 11.8 Å². The minimum Gasteiger partial charge on any atom is -0.495 e. The first-order valence-electron chi connectivity index (χ1n) is 10.3. The molecule has 0 fully saturated rings. The lowest BCUT2D eigenvalue weighted by atomic mass is 10.0.